The predicted octanol–water partition coefficient (Wildman–Crippen LogP) is 11.7. The van der Waals surface area contributed by atoms with Crippen LogP contribution in [-0.2, 0) is 0 Å². The maximum atomic E-state index is 2.32. The summed E-state index contributed by atoms with van der Waals surface area (Å²) in [7, 11) is 0. The van der Waals surface area contributed by atoms with Crippen molar-refractivity contribution in [2.24, 2.45) is 0 Å². The highest BCUT2D eigenvalue weighted by Gasteiger charge is 2.20. The second-order valence-corrected chi connectivity index (χ2v) is 11.3. The van der Waals surface area contributed by atoms with E-state index in [4.69, 9.17) is 0 Å². The number of fused-ring (bicyclic) bond motifs is 3. The fraction of sp³-hybridized carbons (Fsp3) is 0.0233. The van der Waals surface area contributed by atoms with E-state index >= 15 is 0 Å². The highest BCUT2D eigenvalue weighted by molar-refractivity contribution is 5.97. The highest BCUT2D eigenvalue weighted by Crippen LogP contribution is 2.39. The zero-order valence-electron chi connectivity index (χ0n) is 23.8. The molecule has 0 amide bonds. The normalized spacial score (nSPS) is 11.5. The molecule has 0 spiro atoms. The summed E-state index contributed by atoms with van der Waals surface area (Å²) in [6.07, 6.45) is 0. The van der Waals surface area contributed by atoms with Crippen molar-refractivity contribution in [3.63, 3.8) is 0 Å². The van der Waals surface area contributed by atoms with Crippen LogP contribution in [0.15, 0.2) is 176 Å². The van der Waals surface area contributed by atoms with Crippen LogP contribution in [0, 0.1) is 0 Å². The summed E-state index contributed by atoms with van der Waals surface area (Å²) >= 11 is 0. The van der Waals surface area contributed by atoms with Crippen LogP contribution in [0.1, 0.15) is 22.6 Å². The van der Waals surface area contributed by atoms with Gasteiger partial charge in [-0.05, 0) is 71.3 Å². The maximum absolute atomic E-state index is 2.32. The van der Waals surface area contributed by atoms with Gasteiger partial charge in [-0.15, -0.1) is 0 Å². The Morgan fingerprint density at radius 3 is 1.14 bits per heavy atom. The minimum absolute atomic E-state index is 0.106. The van der Waals surface area contributed by atoms with E-state index in [0.29, 0.717) is 0 Å². The molecule has 0 aliphatic heterocycles. The average Bonchev–Trinajstić information content (AvgIpc) is 3.09. The molecule has 8 aromatic carbocycles. The van der Waals surface area contributed by atoms with Crippen molar-refractivity contribution in [3.8, 4) is 22.3 Å². The third kappa shape index (κ3) is 4.58. The smallest absolute Gasteiger partial charge is 0.0346 e. The van der Waals surface area contributed by atoms with Crippen LogP contribution >= 0.6 is 0 Å². The van der Waals surface area contributed by atoms with Gasteiger partial charge < -0.3 is 0 Å². The van der Waals surface area contributed by atoms with Gasteiger partial charge in [0.25, 0.3) is 0 Å². The zero-order chi connectivity index (χ0) is 28.6. The first-order valence-electron chi connectivity index (χ1n) is 15.0. The molecule has 43 heavy (non-hydrogen) atoms. The molecule has 0 saturated heterocycles. The van der Waals surface area contributed by atoms with E-state index < -0.39 is 0 Å². The molecule has 0 atom stereocenters. The SMILES string of the molecule is c1ccc2c(-c3ccc(C(c4ccc(-c5cccc6ccccc56)cc4)c4cccc5ccccc45)cc3)cccc2c1. The first-order chi connectivity index (χ1) is 21.3. The Hall–Kier alpha value is -5.46. The molecule has 0 bridgehead atoms. The summed E-state index contributed by atoms with van der Waals surface area (Å²) in [6, 6.07) is 64.3. The Morgan fingerprint density at radius 2 is 0.651 bits per heavy atom. The first-order valence-corrected chi connectivity index (χ1v) is 15.0. The summed E-state index contributed by atoms with van der Waals surface area (Å²) in [6.45, 7) is 0. The largest absolute Gasteiger partial charge is 0.0616 e. The Bertz CT molecular complexity index is 2080. The van der Waals surface area contributed by atoms with Crippen molar-refractivity contribution < 1.29 is 0 Å². The zero-order valence-corrected chi connectivity index (χ0v) is 23.8. The van der Waals surface area contributed by atoms with Gasteiger partial charge in [-0.2, -0.15) is 0 Å². The highest BCUT2D eigenvalue weighted by atomic mass is 14.2. The van der Waals surface area contributed by atoms with E-state index in [1.807, 2.05) is 0 Å². The van der Waals surface area contributed by atoms with Crippen LogP contribution in [0.25, 0.3) is 54.6 Å². The van der Waals surface area contributed by atoms with Gasteiger partial charge >= 0.3 is 0 Å². The van der Waals surface area contributed by atoms with E-state index in [1.54, 1.807) is 0 Å². The number of hydrogen-bond donors (Lipinski definition) is 0. The van der Waals surface area contributed by atoms with Crippen molar-refractivity contribution in [2.75, 3.05) is 0 Å². The lowest BCUT2D eigenvalue weighted by atomic mass is 9.81. The molecule has 0 heterocycles. The van der Waals surface area contributed by atoms with E-state index in [2.05, 4.69) is 176 Å². The number of benzene rings is 8. The van der Waals surface area contributed by atoms with Gasteiger partial charge in [0.2, 0.25) is 0 Å². The molecule has 0 fully saturated rings. The molecule has 0 nitrogen and oxygen atoms in total. The van der Waals surface area contributed by atoms with Crippen LogP contribution in [0.4, 0.5) is 0 Å². The van der Waals surface area contributed by atoms with Gasteiger partial charge in [-0.25, -0.2) is 0 Å². The average molecular weight is 547 g/mol. The van der Waals surface area contributed by atoms with Crippen molar-refractivity contribution in [1.82, 2.24) is 0 Å². The minimum atomic E-state index is 0.106. The topological polar surface area (TPSA) is 0 Å². The molecular weight excluding hydrogens is 516 g/mol. The lowest BCUT2D eigenvalue weighted by molar-refractivity contribution is 0.990. The Labute approximate surface area is 252 Å². The first kappa shape index (κ1) is 25.3. The van der Waals surface area contributed by atoms with Crippen LogP contribution < -0.4 is 0 Å². The molecule has 0 aromatic heterocycles. The van der Waals surface area contributed by atoms with Gasteiger partial charge in [0.1, 0.15) is 0 Å². The second kappa shape index (κ2) is 10.7. The van der Waals surface area contributed by atoms with E-state index in [-0.39, 0.29) is 5.92 Å². The minimum Gasteiger partial charge on any atom is -0.0616 e. The summed E-state index contributed by atoms with van der Waals surface area (Å²) in [5.74, 6) is 0.106. The molecule has 0 N–H and O–H groups in total. The molecule has 0 aliphatic carbocycles. The fourth-order valence-corrected chi connectivity index (χ4v) is 6.72. The van der Waals surface area contributed by atoms with Crippen LogP contribution in [0.2, 0.25) is 0 Å². The summed E-state index contributed by atoms with van der Waals surface area (Å²) in [5.41, 5.74) is 8.93. The van der Waals surface area contributed by atoms with Crippen LogP contribution in [-0.4, -0.2) is 0 Å². The Morgan fingerprint density at radius 1 is 0.279 bits per heavy atom. The molecule has 0 saturated carbocycles. The molecule has 8 rings (SSSR count). The van der Waals surface area contributed by atoms with Crippen molar-refractivity contribution in [2.45, 2.75) is 5.92 Å². The van der Waals surface area contributed by atoms with Gasteiger partial charge in [0, 0.05) is 5.92 Å². The molecule has 202 valence electrons. The van der Waals surface area contributed by atoms with Crippen molar-refractivity contribution in [3.05, 3.63) is 193 Å². The monoisotopic (exact) mass is 546 g/mol. The third-order valence-corrected chi connectivity index (χ3v) is 8.82. The van der Waals surface area contributed by atoms with Gasteiger partial charge in [0.15, 0.2) is 0 Å². The lowest BCUT2D eigenvalue weighted by Crippen LogP contribution is -2.04. The third-order valence-electron chi connectivity index (χ3n) is 8.82. The number of hydrogen-bond acceptors (Lipinski definition) is 0. The summed E-state index contributed by atoms with van der Waals surface area (Å²) in [5, 5.41) is 7.67. The Balaban J connectivity index is 1.25. The maximum Gasteiger partial charge on any atom is 0.0346 e. The van der Waals surface area contributed by atoms with Crippen LogP contribution in [0.5, 0.6) is 0 Å². The van der Waals surface area contributed by atoms with E-state index in [1.165, 1.54) is 71.3 Å². The second-order valence-electron chi connectivity index (χ2n) is 11.3. The fourth-order valence-electron chi connectivity index (χ4n) is 6.72. The molecule has 0 heteroatoms. The van der Waals surface area contributed by atoms with Crippen LogP contribution in [0.3, 0.4) is 0 Å². The van der Waals surface area contributed by atoms with Gasteiger partial charge in [0.05, 0.1) is 0 Å². The quantitative estimate of drug-likeness (QED) is 0.188. The lowest BCUT2D eigenvalue weighted by Gasteiger charge is -2.22. The van der Waals surface area contributed by atoms with Gasteiger partial charge in [-0.3, -0.25) is 0 Å². The Kier molecular flexibility index (Phi) is 6.31. The number of rotatable bonds is 5. The van der Waals surface area contributed by atoms with Crippen molar-refractivity contribution in [1.29, 1.82) is 0 Å². The van der Waals surface area contributed by atoms with E-state index in [9.17, 15) is 0 Å². The molecule has 0 aliphatic rings. The summed E-state index contributed by atoms with van der Waals surface area (Å²) in [4.78, 5) is 0. The molecular formula is C43H30. The summed E-state index contributed by atoms with van der Waals surface area (Å²) < 4.78 is 0. The van der Waals surface area contributed by atoms with Crippen molar-refractivity contribution >= 4 is 32.3 Å². The molecule has 0 radical (unpaired) electrons. The standard InChI is InChI=1S/C43H30/c1-4-16-37-30(10-1)13-7-19-39(37)33-22-26-35(27-23-33)43(42-21-9-15-32-12-3-6-18-41(32)42)36-28-24-34(25-29-36)40-20-8-14-31-11-2-5-17-38(31)40/h1-29,43H. The molecule has 8 aromatic rings. The predicted molar refractivity (Wildman–Crippen MR) is 184 cm³/mol. The van der Waals surface area contributed by atoms with Gasteiger partial charge in [-0.1, -0.05) is 176 Å². The molecule has 0 unspecified atom stereocenters. The van der Waals surface area contributed by atoms with E-state index in [0.717, 1.165) is 0 Å².